The lowest BCUT2D eigenvalue weighted by Crippen LogP contribution is -2.15. The van der Waals surface area contributed by atoms with Gasteiger partial charge in [0.1, 0.15) is 5.76 Å². The Morgan fingerprint density at radius 3 is 3.00 bits per heavy atom. The van der Waals surface area contributed by atoms with Gasteiger partial charge < -0.3 is 9.73 Å². The molecular weight excluding hydrogens is 286 g/mol. The van der Waals surface area contributed by atoms with Crippen molar-refractivity contribution in [3.8, 4) is 0 Å². The van der Waals surface area contributed by atoms with Crippen LogP contribution < -0.4 is 5.32 Å². The molecule has 0 amide bonds. The molecule has 0 aliphatic carbocycles. The highest BCUT2D eigenvalue weighted by atomic mass is 79.9. The lowest BCUT2D eigenvalue weighted by Gasteiger charge is -2.00. The molecule has 2 aromatic rings. The van der Waals surface area contributed by atoms with E-state index in [1.165, 1.54) is 14.2 Å². The number of halogens is 1. The molecule has 0 saturated carbocycles. The Kier molecular flexibility index (Phi) is 4.21. The van der Waals surface area contributed by atoms with E-state index in [0.717, 1.165) is 25.3 Å². The number of furan rings is 1. The molecule has 2 aromatic heterocycles. The summed E-state index contributed by atoms with van der Waals surface area (Å²) in [4.78, 5) is 2.70. The molecule has 0 aliphatic heterocycles. The molecule has 0 aliphatic rings. The van der Waals surface area contributed by atoms with Gasteiger partial charge in [-0.05, 0) is 41.1 Å². The number of thiophene rings is 1. The molecule has 0 spiro atoms. The fourth-order valence-electron chi connectivity index (χ4n) is 1.48. The van der Waals surface area contributed by atoms with Crippen molar-refractivity contribution in [3.63, 3.8) is 0 Å². The molecule has 0 atom stereocenters. The minimum atomic E-state index is 0.928. The summed E-state index contributed by atoms with van der Waals surface area (Å²) >= 11 is 5.35. The zero-order chi connectivity index (χ0) is 11.4. The predicted octanol–water partition coefficient (Wildman–Crippen LogP) is 3.74. The molecule has 16 heavy (non-hydrogen) atoms. The lowest BCUT2D eigenvalue weighted by atomic mass is 10.3. The summed E-state index contributed by atoms with van der Waals surface area (Å²) < 4.78 is 6.47. The zero-order valence-corrected chi connectivity index (χ0v) is 11.5. The maximum Gasteiger partial charge on any atom is 0.105 e. The van der Waals surface area contributed by atoms with Crippen molar-refractivity contribution < 1.29 is 4.42 Å². The van der Waals surface area contributed by atoms with Crippen LogP contribution in [0.25, 0.3) is 0 Å². The van der Waals surface area contributed by atoms with Gasteiger partial charge in [-0.1, -0.05) is 0 Å². The Bertz CT molecular complexity index is 416. The Morgan fingerprint density at radius 1 is 1.50 bits per heavy atom. The average Bonchev–Trinajstić information content (AvgIpc) is 2.85. The van der Waals surface area contributed by atoms with Crippen LogP contribution in [0.4, 0.5) is 0 Å². The molecule has 1 N–H and O–H groups in total. The van der Waals surface area contributed by atoms with Crippen molar-refractivity contribution in [2.24, 2.45) is 0 Å². The molecule has 2 heterocycles. The van der Waals surface area contributed by atoms with Crippen molar-refractivity contribution in [2.45, 2.75) is 19.9 Å². The van der Waals surface area contributed by atoms with Crippen molar-refractivity contribution in [1.82, 2.24) is 5.32 Å². The molecule has 86 valence electrons. The zero-order valence-electron chi connectivity index (χ0n) is 9.13. The van der Waals surface area contributed by atoms with Crippen molar-refractivity contribution in [1.29, 1.82) is 0 Å². The molecule has 0 aromatic carbocycles. The van der Waals surface area contributed by atoms with Gasteiger partial charge in [0.2, 0.25) is 0 Å². The minimum absolute atomic E-state index is 0.928. The highest BCUT2D eigenvalue weighted by molar-refractivity contribution is 9.10. The summed E-state index contributed by atoms with van der Waals surface area (Å²) in [5.74, 6) is 1.04. The van der Waals surface area contributed by atoms with Crippen LogP contribution in [0.3, 0.4) is 0 Å². The second-order valence-electron chi connectivity index (χ2n) is 3.62. The Labute approximate surface area is 108 Å². The van der Waals surface area contributed by atoms with E-state index in [4.69, 9.17) is 4.42 Å². The first-order chi connectivity index (χ1) is 7.75. The second kappa shape index (κ2) is 5.66. The first-order valence-corrected chi connectivity index (χ1v) is 6.84. The standard InChI is InChI=1S/C12H14BrNOS/c1-9-12(13)7-11(16-9)8-14-5-4-10-3-2-6-15-10/h2-3,6-7,14H,4-5,8H2,1H3. The predicted molar refractivity (Wildman–Crippen MR) is 70.9 cm³/mol. The molecule has 4 heteroatoms. The third-order valence-corrected chi connectivity index (χ3v) is 4.47. The van der Waals surface area contributed by atoms with E-state index in [2.05, 4.69) is 34.2 Å². The molecule has 0 fully saturated rings. The Balaban J connectivity index is 1.72. The van der Waals surface area contributed by atoms with Crippen LogP contribution in [0.2, 0.25) is 0 Å². The van der Waals surface area contributed by atoms with E-state index in [-0.39, 0.29) is 0 Å². The first-order valence-electron chi connectivity index (χ1n) is 5.23. The monoisotopic (exact) mass is 299 g/mol. The maximum absolute atomic E-state index is 5.26. The number of hydrogen-bond donors (Lipinski definition) is 1. The summed E-state index contributed by atoms with van der Waals surface area (Å²) in [7, 11) is 0. The molecule has 2 rings (SSSR count). The number of nitrogens with one attached hydrogen (secondary N) is 1. The molecule has 0 bridgehead atoms. The van der Waals surface area contributed by atoms with Crippen LogP contribution in [0.1, 0.15) is 15.5 Å². The van der Waals surface area contributed by atoms with Gasteiger partial charge in [-0.3, -0.25) is 0 Å². The van der Waals surface area contributed by atoms with Crippen LogP contribution >= 0.6 is 27.3 Å². The third kappa shape index (κ3) is 3.20. The highest BCUT2D eigenvalue weighted by Gasteiger charge is 2.02. The van der Waals surface area contributed by atoms with Crippen molar-refractivity contribution >= 4 is 27.3 Å². The molecule has 0 saturated heterocycles. The summed E-state index contributed by atoms with van der Waals surface area (Å²) in [6.45, 7) is 4.00. The van der Waals surface area contributed by atoms with E-state index in [0.29, 0.717) is 0 Å². The average molecular weight is 300 g/mol. The fraction of sp³-hybridized carbons (Fsp3) is 0.333. The van der Waals surface area contributed by atoms with Crippen molar-refractivity contribution in [3.05, 3.63) is 44.4 Å². The smallest absolute Gasteiger partial charge is 0.105 e. The number of hydrogen-bond acceptors (Lipinski definition) is 3. The quantitative estimate of drug-likeness (QED) is 0.851. The van der Waals surface area contributed by atoms with Gasteiger partial charge >= 0.3 is 0 Å². The Morgan fingerprint density at radius 2 is 2.38 bits per heavy atom. The van der Waals surface area contributed by atoms with Gasteiger partial charge in [-0.25, -0.2) is 0 Å². The van der Waals surface area contributed by atoms with Gasteiger partial charge in [0.05, 0.1) is 6.26 Å². The van der Waals surface area contributed by atoms with Gasteiger partial charge in [0.15, 0.2) is 0 Å². The topological polar surface area (TPSA) is 25.2 Å². The van der Waals surface area contributed by atoms with Gasteiger partial charge in [0, 0.05) is 33.7 Å². The summed E-state index contributed by atoms with van der Waals surface area (Å²) in [5.41, 5.74) is 0. The SMILES string of the molecule is Cc1sc(CNCCc2ccco2)cc1Br. The fourth-order valence-corrected chi connectivity index (χ4v) is 3.05. The van der Waals surface area contributed by atoms with Crippen molar-refractivity contribution in [2.75, 3.05) is 6.54 Å². The number of aryl methyl sites for hydroxylation is 1. The third-order valence-electron chi connectivity index (χ3n) is 2.34. The normalized spacial score (nSPS) is 10.9. The largest absolute Gasteiger partial charge is 0.469 e. The molecule has 2 nitrogen and oxygen atoms in total. The molecular formula is C12H14BrNOS. The molecule has 0 unspecified atom stereocenters. The lowest BCUT2D eigenvalue weighted by molar-refractivity contribution is 0.499. The van der Waals surface area contributed by atoms with Crippen LogP contribution in [-0.4, -0.2) is 6.54 Å². The van der Waals surface area contributed by atoms with Gasteiger partial charge in [-0.2, -0.15) is 0 Å². The summed E-state index contributed by atoms with van der Waals surface area (Å²) in [6.07, 6.45) is 2.66. The van der Waals surface area contributed by atoms with Crippen LogP contribution in [0.15, 0.2) is 33.4 Å². The highest BCUT2D eigenvalue weighted by Crippen LogP contribution is 2.25. The van der Waals surface area contributed by atoms with Crippen LogP contribution in [-0.2, 0) is 13.0 Å². The molecule has 0 radical (unpaired) electrons. The first kappa shape index (κ1) is 11.9. The summed E-state index contributed by atoms with van der Waals surface area (Å²) in [5, 5.41) is 3.41. The van der Waals surface area contributed by atoms with Crippen LogP contribution in [0, 0.1) is 6.92 Å². The Hall–Kier alpha value is -0.580. The number of rotatable bonds is 5. The van der Waals surface area contributed by atoms with Gasteiger partial charge in [-0.15, -0.1) is 11.3 Å². The van der Waals surface area contributed by atoms with E-state index in [9.17, 15) is 0 Å². The summed E-state index contributed by atoms with van der Waals surface area (Å²) in [6, 6.07) is 6.11. The van der Waals surface area contributed by atoms with E-state index in [1.54, 1.807) is 6.26 Å². The van der Waals surface area contributed by atoms with E-state index >= 15 is 0 Å². The van der Waals surface area contributed by atoms with E-state index in [1.807, 2.05) is 23.5 Å². The van der Waals surface area contributed by atoms with E-state index < -0.39 is 0 Å². The minimum Gasteiger partial charge on any atom is -0.469 e. The maximum atomic E-state index is 5.26. The second-order valence-corrected chi connectivity index (χ2v) is 5.82. The van der Waals surface area contributed by atoms with Crippen LogP contribution in [0.5, 0.6) is 0 Å². The van der Waals surface area contributed by atoms with Gasteiger partial charge in [0.25, 0.3) is 0 Å².